The van der Waals surface area contributed by atoms with Crippen LogP contribution in [0.3, 0.4) is 0 Å². The summed E-state index contributed by atoms with van der Waals surface area (Å²) in [5.41, 5.74) is 0.884. The molecule has 5 heteroatoms. The molecule has 2 aromatic heterocycles. The number of aliphatic hydroxyl groups excluding tert-OH is 1. The van der Waals surface area contributed by atoms with Gasteiger partial charge in [-0.05, 0) is 6.42 Å². The molecule has 0 fully saturated rings. The van der Waals surface area contributed by atoms with E-state index in [1.807, 2.05) is 23.0 Å². The van der Waals surface area contributed by atoms with Gasteiger partial charge in [-0.3, -0.25) is 4.40 Å². The van der Waals surface area contributed by atoms with E-state index in [-0.39, 0.29) is 6.61 Å². The van der Waals surface area contributed by atoms with Crippen molar-refractivity contribution in [3.05, 3.63) is 17.3 Å². The largest absolute Gasteiger partial charge is 0.390 e. The summed E-state index contributed by atoms with van der Waals surface area (Å²) in [7, 11) is 2.03. The molecule has 0 saturated carbocycles. The second-order valence-corrected chi connectivity index (χ2v) is 4.74. The van der Waals surface area contributed by atoms with Gasteiger partial charge in [-0.2, -0.15) is 0 Å². The van der Waals surface area contributed by atoms with Crippen LogP contribution in [0, 0.1) is 0 Å². The lowest BCUT2D eigenvalue weighted by Gasteiger charge is -2.17. The number of rotatable bonds is 5. The van der Waals surface area contributed by atoms with Crippen LogP contribution in [0.5, 0.6) is 0 Å². The Balaban J connectivity index is 2.31. The summed E-state index contributed by atoms with van der Waals surface area (Å²) < 4.78 is 1.96. The predicted molar refractivity (Wildman–Crippen MR) is 67.2 cm³/mol. The number of thiazole rings is 1. The summed E-state index contributed by atoms with van der Waals surface area (Å²) in [4.78, 5) is 7.61. The normalized spacial score (nSPS) is 11.2. The van der Waals surface area contributed by atoms with Crippen LogP contribution < -0.4 is 4.90 Å². The molecule has 0 spiro atoms. The fourth-order valence-corrected chi connectivity index (χ4v) is 2.50. The summed E-state index contributed by atoms with van der Waals surface area (Å²) in [5.74, 6) is 0.905. The number of fused-ring (bicyclic) bond motifs is 1. The molecule has 0 aliphatic rings. The van der Waals surface area contributed by atoms with Crippen LogP contribution in [0.25, 0.3) is 4.96 Å². The van der Waals surface area contributed by atoms with E-state index in [9.17, 15) is 5.11 Å². The van der Waals surface area contributed by atoms with Gasteiger partial charge in [-0.1, -0.05) is 13.3 Å². The Morgan fingerprint density at radius 1 is 1.56 bits per heavy atom. The summed E-state index contributed by atoms with van der Waals surface area (Å²) in [6.07, 6.45) is 4.27. The third kappa shape index (κ3) is 1.92. The smallest absolute Gasteiger partial charge is 0.195 e. The number of aromatic nitrogens is 2. The highest BCUT2D eigenvalue weighted by Gasteiger charge is 2.15. The highest BCUT2D eigenvalue weighted by Crippen LogP contribution is 2.24. The van der Waals surface area contributed by atoms with Crippen LogP contribution in [-0.2, 0) is 6.61 Å². The Bertz CT molecular complexity index is 463. The summed E-state index contributed by atoms with van der Waals surface area (Å²) in [5, 5.41) is 11.4. The Morgan fingerprint density at radius 3 is 3.06 bits per heavy atom. The maximum atomic E-state index is 9.42. The van der Waals surface area contributed by atoms with Gasteiger partial charge in [-0.15, -0.1) is 11.3 Å². The van der Waals surface area contributed by atoms with Gasteiger partial charge in [0.25, 0.3) is 0 Å². The van der Waals surface area contributed by atoms with Gasteiger partial charge in [-0.25, -0.2) is 4.98 Å². The average molecular weight is 239 g/mol. The molecule has 0 aliphatic carbocycles. The molecule has 2 aromatic rings. The second-order valence-electron chi connectivity index (χ2n) is 3.87. The lowest BCUT2D eigenvalue weighted by atomic mass is 10.3. The highest BCUT2D eigenvalue weighted by molar-refractivity contribution is 7.15. The molecule has 0 aliphatic heterocycles. The lowest BCUT2D eigenvalue weighted by molar-refractivity contribution is 0.276. The van der Waals surface area contributed by atoms with Crippen molar-refractivity contribution in [2.24, 2.45) is 0 Å². The van der Waals surface area contributed by atoms with Crippen LogP contribution in [0.4, 0.5) is 5.82 Å². The predicted octanol–water partition coefficient (Wildman–Crippen LogP) is 2.12. The SMILES string of the molecule is CCCCN(C)c1nc2sccn2c1CO. The topological polar surface area (TPSA) is 40.8 Å². The average Bonchev–Trinajstić information content (AvgIpc) is 2.84. The van der Waals surface area contributed by atoms with E-state index in [4.69, 9.17) is 0 Å². The summed E-state index contributed by atoms with van der Waals surface area (Å²) >= 11 is 1.59. The van der Waals surface area contributed by atoms with Gasteiger partial charge in [0.05, 0.1) is 12.3 Å². The Morgan fingerprint density at radius 2 is 2.38 bits per heavy atom. The third-order valence-corrected chi connectivity index (χ3v) is 3.45. The van der Waals surface area contributed by atoms with Gasteiger partial charge >= 0.3 is 0 Å². The van der Waals surface area contributed by atoms with E-state index in [1.165, 1.54) is 6.42 Å². The van der Waals surface area contributed by atoms with Crippen LogP contribution >= 0.6 is 11.3 Å². The first-order valence-corrected chi connectivity index (χ1v) is 6.42. The molecular formula is C11H17N3OS. The number of anilines is 1. The number of hydrogen-bond acceptors (Lipinski definition) is 4. The van der Waals surface area contributed by atoms with Gasteiger partial charge < -0.3 is 10.0 Å². The molecule has 2 heterocycles. The van der Waals surface area contributed by atoms with Crippen LogP contribution in [0.2, 0.25) is 0 Å². The molecule has 0 radical (unpaired) electrons. The number of imidazole rings is 1. The maximum absolute atomic E-state index is 9.42. The molecule has 0 bridgehead atoms. The van der Waals surface area contributed by atoms with Gasteiger partial charge in [0, 0.05) is 25.2 Å². The molecule has 0 amide bonds. The molecule has 2 rings (SSSR count). The van der Waals surface area contributed by atoms with Crippen molar-refractivity contribution >= 4 is 22.1 Å². The molecule has 0 aromatic carbocycles. The number of unbranched alkanes of at least 4 members (excludes halogenated alkanes) is 1. The maximum Gasteiger partial charge on any atom is 0.195 e. The van der Waals surface area contributed by atoms with E-state index in [1.54, 1.807) is 11.3 Å². The van der Waals surface area contributed by atoms with Gasteiger partial charge in [0.2, 0.25) is 0 Å². The fourth-order valence-electron chi connectivity index (χ4n) is 1.77. The van der Waals surface area contributed by atoms with E-state index >= 15 is 0 Å². The second kappa shape index (κ2) is 4.84. The number of aliphatic hydroxyl groups is 1. The molecule has 1 N–H and O–H groups in total. The van der Waals surface area contributed by atoms with Crippen LogP contribution in [0.1, 0.15) is 25.5 Å². The molecule has 4 nitrogen and oxygen atoms in total. The van der Waals surface area contributed by atoms with Gasteiger partial charge in [0.1, 0.15) is 0 Å². The number of nitrogens with zero attached hydrogens (tertiary/aromatic N) is 3. The van der Waals surface area contributed by atoms with Crippen LogP contribution in [0.15, 0.2) is 11.6 Å². The van der Waals surface area contributed by atoms with Crippen LogP contribution in [-0.4, -0.2) is 28.1 Å². The third-order valence-electron chi connectivity index (χ3n) is 2.70. The summed E-state index contributed by atoms with van der Waals surface area (Å²) in [6.45, 7) is 3.19. The zero-order valence-electron chi connectivity index (χ0n) is 9.68. The van der Waals surface area contributed by atoms with E-state index < -0.39 is 0 Å². The number of hydrogen-bond donors (Lipinski definition) is 1. The van der Waals surface area contributed by atoms with Crippen molar-refractivity contribution < 1.29 is 5.11 Å². The minimum absolute atomic E-state index is 0.0314. The Labute approximate surface area is 99.2 Å². The standard InChI is InChI=1S/C11H17N3OS/c1-3-4-5-13(2)10-9(8-15)14-6-7-16-11(14)12-10/h6-7,15H,3-5,8H2,1-2H3. The molecule has 0 atom stereocenters. The highest BCUT2D eigenvalue weighted by atomic mass is 32.1. The molecule has 0 unspecified atom stereocenters. The molecule has 16 heavy (non-hydrogen) atoms. The quantitative estimate of drug-likeness (QED) is 0.869. The van der Waals surface area contributed by atoms with Crippen molar-refractivity contribution in [1.29, 1.82) is 0 Å². The summed E-state index contributed by atoms with van der Waals surface area (Å²) in [6, 6.07) is 0. The first kappa shape index (κ1) is 11.4. The zero-order chi connectivity index (χ0) is 11.5. The fraction of sp³-hybridized carbons (Fsp3) is 0.545. The van der Waals surface area contributed by atoms with Crippen molar-refractivity contribution in [2.45, 2.75) is 26.4 Å². The van der Waals surface area contributed by atoms with Crippen molar-refractivity contribution in [3.63, 3.8) is 0 Å². The van der Waals surface area contributed by atoms with Crippen molar-refractivity contribution in [1.82, 2.24) is 9.38 Å². The first-order valence-electron chi connectivity index (χ1n) is 5.54. The monoisotopic (exact) mass is 239 g/mol. The molecule has 88 valence electrons. The van der Waals surface area contributed by atoms with E-state index in [0.717, 1.165) is 29.4 Å². The van der Waals surface area contributed by atoms with Crippen molar-refractivity contribution in [2.75, 3.05) is 18.5 Å². The van der Waals surface area contributed by atoms with E-state index in [0.29, 0.717) is 0 Å². The minimum Gasteiger partial charge on any atom is -0.390 e. The minimum atomic E-state index is 0.0314. The molecule has 0 saturated heterocycles. The zero-order valence-corrected chi connectivity index (χ0v) is 10.5. The first-order chi connectivity index (χ1) is 7.77. The van der Waals surface area contributed by atoms with Gasteiger partial charge in [0.15, 0.2) is 10.8 Å². The Kier molecular flexibility index (Phi) is 3.46. The lowest BCUT2D eigenvalue weighted by Crippen LogP contribution is -2.20. The Hall–Kier alpha value is -1.07. The van der Waals surface area contributed by atoms with E-state index in [2.05, 4.69) is 16.8 Å². The van der Waals surface area contributed by atoms with Crippen molar-refractivity contribution in [3.8, 4) is 0 Å². The molecular weight excluding hydrogens is 222 g/mol.